The van der Waals surface area contributed by atoms with Crippen molar-refractivity contribution in [2.45, 2.75) is 4.90 Å². The summed E-state index contributed by atoms with van der Waals surface area (Å²) in [6, 6.07) is 21.6. The van der Waals surface area contributed by atoms with Gasteiger partial charge < -0.3 is 0 Å². The van der Waals surface area contributed by atoms with Crippen LogP contribution < -0.4 is 4.72 Å². The van der Waals surface area contributed by atoms with Crippen LogP contribution in [0, 0.1) is 0 Å². The van der Waals surface area contributed by atoms with Crippen LogP contribution in [0.5, 0.6) is 0 Å². The van der Waals surface area contributed by atoms with E-state index in [-0.39, 0.29) is 10.8 Å². The summed E-state index contributed by atoms with van der Waals surface area (Å²) in [6.45, 7) is 0. The maximum Gasteiger partial charge on any atom is 0.264 e. The lowest BCUT2D eigenvalue weighted by Gasteiger charge is -2.09. The molecule has 1 aromatic heterocycles. The molecule has 0 aliphatic carbocycles. The normalized spacial score (nSPS) is 11.5. The second-order valence-electron chi connectivity index (χ2n) is 5.36. The van der Waals surface area contributed by atoms with Crippen molar-refractivity contribution < 1.29 is 8.42 Å². The standard InChI is InChI=1S/C17H13N5O2S/c23-25(24,16-11-10-13-6-4-5-7-14(13)12-16)19-17-18-20-21-22(17)15-8-2-1-3-9-15/h1-12H,(H,18,19,21). The minimum atomic E-state index is -3.82. The number of benzene rings is 3. The summed E-state index contributed by atoms with van der Waals surface area (Å²) in [5.74, 6) is 0.0272. The fourth-order valence-corrected chi connectivity index (χ4v) is 3.52. The molecule has 3 aromatic carbocycles. The Labute approximate surface area is 144 Å². The average molecular weight is 351 g/mol. The number of sulfonamides is 1. The van der Waals surface area contributed by atoms with E-state index < -0.39 is 10.0 Å². The number of nitrogens with zero attached hydrogens (tertiary/aromatic N) is 4. The van der Waals surface area contributed by atoms with Crippen molar-refractivity contribution in [2.75, 3.05) is 4.72 Å². The third-order valence-corrected chi connectivity index (χ3v) is 5.05. The molecule has 7 nitrogen and oxygen atoms in total. The van der Waals surface area contributed by atoms with Gasteiger partial charge in [0.25, 0.3) is 16.0 Å². The number of para-hydroxylation sites is 1. The number of nitrogens with one attached hydrogen (secondary N) is 1. The first-order valence-electron chi connectivity index (χ1n) is 7.49. The van der Waals surface area contributed by atoms with Crippen LogP contribution in [-0.2, 0) is 10.0 Å². The summed E-state index contributed by atoms with van der Waals surface area (Å²) < 4.78 is 29.2. The van der Waals surface area contributed by atoms with Gasteiger partial charge in [-0.15, -0.1) is 0 Å². The highest BCUT2D eigenvalue weighted by molar-refractivity contribution is 7.92. The van der Waals surface area contributed by atoms with E-state index in [0.29, 0.717) is 5.69 Å². The lowest BCUT2D eigenvalue weighted by Crippen LogP contribution is -2.16. The third kappa shape index (κ3) is 2.94. The number of hydrogen-bond acceptors (Lipinski definition) is 5. The van der Waals surface area contributed by atoms with Gasteiger partial charge in [0.05, 0.1) is 10.6 Å². The van der Waals surface area contributed by atoms with Crippen molar-refractivity contribution in [3.63, 3.8) is 0 Å². The van der Waals surface area contributed by atoms with Gasteiger partial charge in [-0.3, -0.25) is 0 Å². The molecule has 1 N–H and O–H groups in total. The van der Waals surface area contributed by atoms with Crippen molar-refractivity contribution in [1.29, 1.82) is 0 Å². The fraction of sp³-hybridized carbons (Fsp3) is 0. The molecule has 1 heterocycles. The smallest absolute Gasteiger partial charge is 0.246 e. The summed E-state index contributed by atoms with van der Waals surface area (Å²) in [7, 11) is -3.82. The van der Waals surface area contributed by atoms with Gasteiger partial charge in [-0.2, -0.15) is 4.68 Å². The first-order valence-corrected chi connectivity index (χ1v) is 8.97. The van der Waals surface area contributed by atoms with Crippen molar-refractivity contribution in [3.8, 4) is 5.69 Å². The van der Waals surface area contributed by atoms with E-state index in [4.69, 9.17) is 0 Å². The fourth-order valence-electron chi connectivity index (χ4n) is 2.51. The van der Waals surface area contributed by atoms with Crippen LogP contribution in [0.2, 0.25) is 0 Å². The number of rotatable bonds is 4. The van der Waals surface area contributed by atoms with Crippen LogP contribution in [0.25, 0.3) is 16.5 Å². The lowest BCUT2D eigenvalue weighted by atomic mass is 10.1. The number of hydrogen-bond donors (Lipinski definition) is 1. The van der Waals surface area contributed by atoms with Gasteiger partial charge in [-0.05, 0) is 45.5 Å². The topological polar surface area (TPSA) is 89.8 Å². The molecular weight excluding hydrogens is 338 g/mol. The van der Waals surface area contributed by atoms with Gasteiger partial charge in [-0.1, -0.05) is 53.6 Å². The highest BCUT2D eigenvalue weighted by atomic mass is 32.2. The molecule has 0 fully saturated rings. The Kier molecular flexibility index (Phi) is 3.66. The van der Waals surface area contributed by atoms with E-state index in [1.807, 2.05) is 42.5 Å². The molecule has 8 heteroatoms. The Bertz CT molecular complexity index is 1140. The van der Waals surface area contributed by atoms with Crippen LogP contribution >= 0.6 is 0 Å². The van der Waals surface area contributed by atoms with Crippen molar-refractivity contribution in [1.82, 2.24) is 20.2 Å². The third-order valence-electron chi connectivity index (χ3n) is 3.73. The second kappa shape index (κ2) is 5.99. The molecule has 0 unspecified atom stereocenters. The van der Waals surface area contributed by atoms with Gasteiger partial charge in [-0.25, -0.2) is 13.1 Å². The number of fused-ring (bicyclic) bond motifs is 1. The Balaban J connectivity index is 1.71. The van der Waals surface area contributed by atoms with Crippen molar-refractivity contribution in [2.24, 2.45) is 0 Å². The minimum Gasteiger partial charge on any atom is -0.246 e. The van der Waals surface area contributed by atoms with Gasteiger partial charge in [0.1, 0.15) is 0 Å². The molecule has 0 radical (unpaired) electrons. The highest BCUT2D eigenvalue weighted by Crippen LogP contribution is 2.21. The SMILES string of the molecule is O=S(=O)(Nc1nnnn1-c1ccccc1)c1ccc2ccccc2c1. The zero-order valence-corrected chi connectivity index (χ0v) is 13.8. The summed E-state index contributed by atoms with van der Waals surface area (Å²) >= 11 is 0. The number of tetrazole rings is 1. The predicted molar refractivity (Wildman–Crippen MR) is 93.9 cm³/mol. The zero-order valence-electron chi connectivity index (χ0n) is 12.9. The Morgan fingerprint density at radius 3 is 2.36 bits per heavy atom. The molecule has 4 aromatic rings. The highest BCUT2D eigenvalue weighted by Gasteiger charge is 2.19. The van der Waals surface area contributed by atoms with Crippen LogP contribution in [-0.4, -0.2) is 28.6 Å². The second-order valence-corrected chi connectivity index (χ2v) is 7.05. The molecule has 25 heavy (non-hydrogen) atoms. The Morgan fingerprint density at radius 1 is 0.840 bits per heavy atom. The molecule has 0 spiro atoms. The Hall–Kier alpha value is -3.26. The first kappa shape index (κ1) is 15.3. The lowest BCUT2D eigenvalue weighted by molar-refractivity contribution is 0.600. The maximum absolute atomic E-state index is 12.7. The summed E-state index contributed by atoms with van der Waals surface area (Å²) in [4.78, 5) is 0.147. The quantitative estimate of drug-likeness (QED) is 0.610. The zero-order chi connectivity index (χ0) is 17.3. The molecule has 0 aliphatic rings. The molecule has 124 valence electrons. The van der Waals surface area contributed by atoms with E-state index in [0.717, 1.165) is 10.8 Å². The summed E-state index contributed by atoms with van der Waals surface area (Å²) in [6.07, 6.45) is 0. The Morgan fingerprint density at radius 2 is 1.56 bits per heavy atom. The molecule has 0 saturated carbocycles. The molecule has 0 saturated heterocycles. The van der Waals surface area contributed by atoms with Gasteiger partial charge >= 0.3 is 0 Å². The summed E-state index contributed by atoms with van der Waals surface area (Å²) in [5.41, 5.74) is 0.656. The predicted octanol–water partition coefficient (Wildman–Crippen LogP) is 2.62. The van der Waals surface area contributed by atoms with E-state index in [9.17, 15) is 8.42 Å². The van der Waals surface area contributed by atoms with Crippen LogP contribution in [0.4, 0.5) is 5.95 Å². The van der Waals surface area contributed by atoms with E-state index in [1.54, 1.807) is 30.3 Å². The van der Waals surface area contributed by atoms with Crippen molar-refractivity contribution in [3.05, 3.63) is 72.8 Å². The van der Waals surface area contributed by atoms with E-state index in [1.165, 1.54) is 4.68 Å². The maximum atomic E-state index is 12.7. The van der Waals surface area contributed by atoms with Crippen LogP contribution in [0.1, 0.15) is 0 Å². The van der Waals surface area contributed by atoms with E-state index >= 15 is 0 Å². The van der Waals surface area contributed by atoms with E-state index in [2.05, 4.69) is 20.2 Å². The van der Waals surface area contributed by atoms with Gasteiger partial charge in [0.2, 0.25) is 0 Å². The minimum absolute atomic E-state index is 0.0272. The van der Waals surface area contributed by atoms with Gasteiger partial charge in [0.15, 0.2) is 0 Å². The number of anilines is 1. The molecule has 0 atom stereocenters. The monoisotopic (exact) mass is 351 g/mol. The molecule has 0 amide bonds. The van der Waals surface area contributed by atoms with Gasteiger partial charge in [0, 0.05) is 0 Å². The number of aromatic nitrogens is 4. The molecular formula is C17H13N5O2S. The van der Waals surface area contributed by atoms with Crippen molar-refractivity contribution >= 4 is 26.7 Å². The average Bonchev–Trinajstić information content (AvgIpc) is 3.09. The molecule has 4 rings (SSSR count). The largest absolute Gasteiger partial charge is 0.264 e. The first-order chi connectivity index (χ1) is 12.1. The molecule has 0 bridgehead atoms. The summed E-state index contributed by atoms with van der Waals surface area (Å²) in [5, 5.41) is 13.0. The van der Waals surface area contributed by atoms with Crippen LogP contribution in [0.15, 0.2) is 77.7 Å². The van der Waals surface area contributed by atoms with Crippen LogP contribution in [0.3, 0.4) is 0 Å². The molecule has 0 aliphatic heterocycles.